The Morgan fingerprint density at radius 3 is 2.75 bits per heavy atom. The molecule has 3 aromatic heterocycles. The number of benzene rings is 1. The minimum atomic E-state index is -0.173. The van der Waals surface area contributed by atoms with E-state index >= 15 is 0 Å². The zero-order valence-corrected chi connectivity index (χ0v) is 19.8. The summed E-state index contributed by atoms with van der Waals surface area (Å²) in [5, 5.41) is 19.1. The first-order chi connectivity index (χ1) is 15.5. The van der Waals surface area contributed by atoms with Crippen molar-refractivity contribution in [3.63, 3.8) is 0 Å². The number of nitrogens with one attached hydrogen (secondary N) is 2. The van der Waals surface area contributed by atoms with Gasteiger partial charge in [0.1, 0.15) is 0 Å². The van der Waals surface area contributed by atoms with E-state index in [2.05, 4.69) is 25.8 Å². The number of aryl methyl sites for hydroxylation is 2. The highest BCUT2D eigenvalue weighted by Crippen LogP contribution is 2.25. The number of thiophene rings is 1. The summed E-state index contributed by atoms with van der Waals surface area (Å²) in [6.07, 6.45) is 1.64. The van der Waals surface area contributed by atoms with Crippen LogP contribution in [0.4, 0.5) is 5.13 Å². The van der Waals surface area contributed by atoms with Crippen LogP contribution in [0.1, 0.15) is 26.6 Å². The standard InChI is InChI=1S/C21H20N6O2S3/c1-13-5-6-14(2)15(10-13)27-17(11-23-19(29)16-4-3-8-30-16)25-26-21(27)32-12-18(28)24-20-22-7-9-31-20/h3-10H,11-12H2,1-2H3,(H,23,29)(H,22,24,28). The number of nitrogens with zero attached hydrogens (tertiary/aromatic N) is 4. The molecule has 0 saturated carbocycles. The van der Waals surface area contributed by atoms with E-state index < -0.39 is 0 Å². The van der Waals surface area contributed by atoms with E-state index in [0.717, 1.165) is 16.8 Å². The van der Waals surface area contributed by atoms with Gasteiger partial charge in [-0.1, -0.05) is 30.0 Å². The third-order valence-electron chi connectivity index (χ3n) is 4.47. The van der Waals surface area contributed by atoms with E-state index in [1.165, 1.54) is 34.4 Å². The number of carbonyl (C=O) groups is 2. The second-order valence-corrected chi connectivity index (χ2v) is 9.64. The quantitative estimate of drug-likeness (QED) is 0.366. The number of rotatable bonds is 8. The van der Waals surface area contributed by atoms with Crippen LogP contribution in [0, 0.1) is 13.8 Å². The average molecular weight is 485 g/mol. The Morgan fingerprint density at radius 2 is 2.00 bits per heavy atom. The van der Waals surface area contributed by atoms with E-state index in [4.69, 9.17) is 0 Å². The molecule has 2 N–H and O–H groups in total. The molecular weight excluding hydrogens is 464 g/mol. The molecule has 164 valence electrons. The van der Waals surface area contributed by atoms with Crippen molar-refractivity contribution in [2.24, 2.45) is 0 Å². The van der Waals surface area contributed by atoms with Crippen LogP contribution in [0.5, 0.6) is 0 Å². The van der Waals surface area contributed by atoms with Gasteiger partial charge in [-0.3, -0.25) is 14.2 Å². The summed E-state index contributed by atoms with van der Waals surface area (Å²) in [4.78, 5) is 29.4. The van der Waals surface area contributed by atoms with Gasteiger partial charge in [0.25, 0.3) is 5.91 Å². The molecule has 1 aromatic carbocycles. The molecule has 3 heterocycles. The van der Waals surface area contributed by atoms with E-state index in [9.17, 15) is 9.59 Å². The minimum Gasteiger partial charge on any atom is -0.344 e. The Kier molecular flexibility index (Phi) is 6.98. The van der Waals surface area contributed by atoms with Crippen LogP contribution in [-0.4, -0.2) is 37.3 Å². The number of hydrogen-bond acceptors (Lipinski definition) is 8. The van der Waals surface area contributed by atoms with Gasteiger partial charge >= 0.3 is 0 Å². The SMILES string of the molecule is Cc1ccc(C)c(-n2c(CNC(=O)c3cccs3)nnc2SCC(=O)Nc2nccs2)c1. The highest BCUT2D eigenvalue weighted by Gasteiger charge is 2.19. The van der Waals surface area contributed by atoms with Crippen molar-refractivity contribution in [3.05, 3.63) is 69.1 Å². The van der Waals surface area contributed by atoms with Gasteiger partial charge in [-0.25, -0.2) is 4.98 Å². The fraction of sp³-hybridized carbons (Fsp3) is 0.190. The van der Waals surface area contributed by atoms with Crippen LogP contribution in [-0.2, 0) is 11.3 Å². The third kappa shape index (κ3) is 5.23. The number of thioether (sulfide) groups is 1. The zero-order chi connectivity index (χ0) is 22.5. The molecule has 0 fully saturated rings. The maximum Gasteiger partial charge on any atom is 0.261 e. The molecule has 4 rings (SSSR count). The number of carbonyl (C=O) groups excluding carboxylic acids is 2. The molecule has 0 aliphatic rings. The predicted molar refractivity (Wildman–Crippen MR) is 128 cm³/mol. The summed E-state index contributed by atoms with van der Waals surface area (Å²) in [5.41, 5.74) is 3.04. The van der Waals surface area contributed by atoms with Gasteiger partial charge in [0.15, 0.2) is 16.1 Å². The topological polar surface area (TPSA) is 102 Å². The largest absolute Gasteiger partial charge is 0.344 e. The lowest BCUT2D eigenvalue weighted by Gasteiger charge is -2.14. The van der Waals surface area contributed by atoms with Crippen molar-refractivity contribution in [1.29, 1.82) is 0 Å². The maximum atomic E-state index is 12.4. The lowest BCUT2D eigenvalue weighted by atomic mass is 10.1. The maximum absolute atomic E-state index is 12.4. The monoisotopic (exact) mass is 484 g/mol. The molecule has 4 aromatic rings. The van der Waals surface area contributed by atoms with E-state index in [1.54, 1.807) is 17.6 Å². The fourth-order valence-corrected chi connectivity index (χ4v) is 4.88. The van der Waals surface area contributed by atoms with Gasteiger partial charge in [-0.2, -0.15) is 0 Å². The van der Waals surface area contributed by atoms with Crippen molar-refractivity contribution in [2.75, 3.05) is 11.1 Å². The molecule has 0 radical (unpaired) electrons. The van der Waals surface area contributed by atoms with Gasteiger partial charge in [0.2, 0.25) is 5.91 Å². The smallest absolute Gasteiger partial charge is 0.261 e. The first-order valence-electron chi connectivity index (χ1n) is 9.67. The van der Waals surface area contributed by atoms with Crippen molar-refractivity contribution in [3.8, 4) is 5.69 Å². The second-order valence-electron chi connectivity index (χ2n) is 6.86. The molecule has 0 aliphatic heterocycles. The second kappa shape index (κ2) is 10.1. The highest BCUT2D eigenvalue weighted by atomic mass is 32.2. The Bertz CT molecular complexity index is 1220. The van der Waals surface area contributed by atoms with E-state index in [-0.39, 0.29) is 24.1 Å². The van der Waals surface area contributed by atoms with Crippen molar-refractivity contribution < 1.29 is 9.59 Å². The first-order valence-corrected chi connectivity index (χ1v) is 12.4. The Balaban J connectivity index is 1.56. The summed E-state index contributed by atoms with van der Waals surface area (Å²) in [6.45, 7) is 4.23. The lowest BCUT2D eigenvalue weighted by Crippen LogP contribution is -2.24. The first kappa shape index (κ1) is 22.2. The summed E-state index contributed by atoms with van der Waals surface area (Å²) >= 11 is 4.03. The van der Waals surface area contributed by atoms with Crippen LogP contribution in [0.25, 0.3) is 5.69 Å². The summed E-state index contributed by atoms with van der Waals surface area (Å²) in [7, 11) is 0. The Hall–Kier alpha value is -3.02. The fourth-order valence-electron chi connectivity index (χ4n) is 2.94. The molecule has 11 heteroatoms. The summed E-state index contributed by atoms with van der Waals surface area (Å²) in [5.74, 6) is 0.413. The van der Waals surface area contributed by atoms with Crippen molar-refractivity contribution in [2.45, 2.75) is 25.5 Å². The Morgan fingerprint density at radius 1 is 1.12 bits per heavy atom. The van der Waals surface area contributed by atoms with Crippen LogP contribution >= 0.6 is 34.4 Å². The number of aromatic nitrogens is 4. The molecule has 0 aliphatic carbocycles. The molecule has 0 saturated heterocycles. The molecule has 0 bridgehead atoms. The highest BCUT2D eigenvalue weighted by molar-refractivity contribution is 7.99. The van der Waals surface area contributed by atoms with Crippen LogP contribution < -0.4 is 10.6 Å². The van der Waals surface area contributed by atoms with Gasteiger partial charge in [0, 0.05) is 11.6 Å². The number of hydrogen-bond donors (Lipinski definition) is 2. The van der Waals surface area contributed by atoms with Crippen molar-refractivity contribution >= 4 is 51.4 Å². The molecule has 0 unspecified atom stereocenters. The summed E-state index contributed by atoms with van der Waals surface area (Å²) in [6, 6.07) is 9.72. The van der Waals surface area contributed by atoms with Gasteiger partial charge in [-0.15, -0.1) is 32.9 Å². The third-order valence-corrected chi connectivity index (χ3v) is 6.96. The zero-order valence-electron chi connectivity index (χ0n) is 17.4. The molecule has 32 heavy (non-hydrogen) atoms. The number of amides is 2. The average Bonchev–Trinajstić information content (AvgIpc) is 3.54. The normalized spacial score (nSPS) is 10.8. The van der Waals surface area contributed by atoms with Crippen LogP contribution in [0.2, 0.25) is 0 Å². The van der Waals surface area contributed by atoms with Crippen LogP contribution in [0.3, 0.4) is 0 Å². The number of thiazole rings is 1. The van der Waals surface area contributed by atoms with Crippen LogP contribution in [0.15, 0.2) is 52.4 Å². The van der Waals surface area contributed by atoms with E-state index in [1.807, 2.05) is 48.1 Å². The van der Waals surface area contributed by atoms with Crippen molar-refractivity contribution in [1.82, 2.24) is 25.1 Å². The van der Waals surface area contributed by atoms with Gasteiger partial charge < -0.3 is 10.6 Å². The lowest BCUT2D eigenvalue weighted by molar-refractivity contribution is -0.113. The Labute approximate surface area is 197 Å². The molecular formula is C21H20N6O2S3. The van der Waals surface area contributed by atoms with E-state index in [0.29, 0.717) is 21.0 Å². The predicted octanol–water partition coefficient (Wildman–Crippen LogP) is 4.06. The van der Waals surface area contributed by atoms with Gasteiger partial charge in [-0.05, 0) is 42.5 Å². The summed E-state index contributed by atoms with van der Waals surface area (Å²) < 4.78 is 1.90. The molecule has 0 atom stereocenters. The molecule has 0 spiro atoms. The minimum absolute atomic E-state index is 0.157. The van der Waals surface area contributed by atoms with Gasteiger partial charge in [0.05, 0.1) is 22.9 Å². The molecule has 8 nitrogen and oxygen atoms in total. The molecule has 2 amide bonds. The number of anilines is 1.